The van der Waals surface area contributed by atoms with E-state index in [1.165, 1.54) is 0 Å². The van der Waals surface area contributed by atoms with Gasteiger partial charge in [-0.1, -0.05) is 23.7 Å². The van der Waals surface area contributed by atoms with Crippen LogP contribution in [0.5, 0.6) is 0 Å². The molecule has 0 saturated heterocycles. The molecule has 1 rings (SSSR count). The summed E-state index contributed by atoms with van der Waals surface area (Å²) in [6, 6.07) is 7.52. The Hall–Kier alpha value is -0.545. The summed E-state index contributed by atoms with van der Waals surface area (Å²) in [4.78, 5) is 0. The highest BCUT2D eigenvalue weighted by Gasteiger charge is 2.38. The van der Waals surface area contributed by atoms with Crippen LogP contribution < -0.4 is 0 Å². The van der Waals surface area contributed by atoms with Gasteiger partial charge < -0.3 is 14.8 Å². The molecule has 0 fully saturated rings. The molecular formula is C14H22BClO3. The van der Waals surface area contributed by atoms with Gasteiger partial charge in [0.1, 0.15) is 0 Å². The van der Waals surface area contributed by atoms with Gasteiger partial charge in [0, 0.05) is 5.02 Å². The van der Waals surface area contributed by atoms with E-state index in [0.717, 1.165) is 5.56 Å². The molecule has 0 aromatic heterocycles. The average Bonchev–Trinajstić information content (AvgIpc) is 2.24. The van der Waals surface area contributed by atoms with Crippen molar-refractivity contribution in [2.45, 2.75) is 51.6 Å². The monoisotopic (exact) mass is 284 g/mol. The molecule has 0 aliphatic rings. The minimum absolute atomic E-state index is 0.458. The van der Waals surface area contributed by atoms with Gasteiger partial charge in [-0.05, 0) is 58.1 Å². The van der Waals surface area contributed by atoms with E-state index in [0.29, 0.717) is 17.8 Å². The van der Waals surface area contributed by atoms with Gasteiger partial charge in [-0.2, -0.15) is 0 Å². The fourth-order valence-electron chi connectivity index (χ4n) is 1.53. The highest BCUT2D eigenvalue weighted by molar-refractivity contribution is 6.42. The number of hydrogen-bond acceptors (Lipinski definition) is 3. The molecule has 1 aromatic rings. The normalized spacial score (nSPS) is 12.6. The fourth-order valence-corrected chi connectivity index (χ4v) is 1.74. The first-order valence-electron chi connectivity index (χ1n) is 6.44. The molecule has 106 valence electrons. The number of aryl methyl sites for hydroxylation is 1. The third-order valence-electron chi connectivity index (χ3n) is 3.47. The van der Waals surface area contributed by atoms with Crippen LogP contribution in [0.15, 0.2) is 24.3 Å². The van der Waals surface area contributed by atoms with E-state index in [2.05, 4.69) is 0 Å². The van der Waals surface area contributed by atoms with Gasteiger partial charge in [-0.3, -0.25) is 0 Å². The minimum atomic E-state index is -1.02. The summed E-state index contributed by atoms with van der Waals surface area (Å²) in [7, 11) is -0.916. The van der Waals surface area contributed by atoms with Gasteiger partial charge in [0.05, 0.1) is 11.2 Å². The van der Waals surface area contributed by atoms with Crippen molar-refractivity contribution < 1.29 is 14.8 Å². The second kappa shape index (κ2) is 6.27. The van der Waals surface area contributed by atoms with Crippen molar-refractivity contribution in [3.8, 4) is 0 Å². The molecule has 5 heteroatoms. The maximum atomic E-state index is 9.96. The molecular weight excluding hydrogens is 262 g/mol. The predicted octanol–water partition coefficient (Wildman–Crippen LogP) is 2.93. The lowest BCUT2D eigenvalue weighted by molar-refractivity contribution is -0.0999. The van der Waals surface area contributed by atoms with E-state index >= 15 is 0 Å². The largest absolute Gasteiger partial charge is 0.454 e. The zero-order valence-electron chi connectivity index (χ0n) is 12.0. The lowest BCUT2D eigenvalue weighted by Gasteiger charge is -2.38. The van der Waals surface area contributed by atoms with Gasteiger partial charge in [0.2, 0.25) is 0 Å². The number of hydrogen-bond donors (Lipinski definition) is 2. The lowest BCUT2D eigenvalue weighted by Crippen LogP contribution is -2.50. The SMILES string of the molecule is CC(C)(O)C(C)(C)OB(O)CCc1cccc(Cl)c1. The molecule has 19 heavy (non-hydrogen) atoms. The third kappa shape index (κ3) is 5.15. The van der Waals surface area contributed by atoms with Crippen molar-refractivity contribution in [3.63, 3.8) is 0 Å². The molecule has 3 nitrogen and oxygen atoms in total. The Morgan fingerprint density at radius 1 is 1.26 bits per heavy atom. The average molecular weight is 285 g/mol. The molecule has 0 saturated carbocycles. The molecule has 0 atom stereocenters. The highest BCUT2D eigenvalue weighted by atomic mass is 35.5. The summed E-state index contributed by atoms with van der Waals surface area (Å²) < 4.78 is 5.53. The van der Waals surface area contributed by atoms with Crippen LogP contribution in [-0.4, -0.2) is 28.5 Å². The lowest BCUT2D eigenvalue weighted by atomic mass is 9.78. The zero-order valence-corrected chi connectivity index (χ0v) is 12.7. The molecule has 0 unspecified atom stereocenters. The number of halogens is 1. The molecule has 0 aliphatic carbocycles. The van der Waals surface area contributed by atoms with Crippen LogP contribution in [0, 0.1) is 0 Å². The van der Waals surface area contributed by atoms with E-state index < -0.39 is 18.3 Å². The van der Waals surface area contributed by atoms with Crippen LogP contribution in [0.1, 0.15) is 33.3 Å². The first kappa shape index (κ1) is 16.5. The van der Waals surface area contributed by atoms with Crippen LogP contribution >= 0.6 is 11.6 Å². The molecule has 0 bridgehead atoms. The third-order valence-corrected chi connectivity index (χ3v) is 3.71. The molecule has 0 radical (unpaired) electrons. The maximum absolute atomic E-state index is 9.96. The van der Waals surface area contributed by atoms with E-state index in [-0.39, 0.29) is 0 Å². The van der Waals surface area contributed by atoms with E-state index in [9.17, 15) is 10.1 Å². The highest BCUT2D eigenvalue weighted by Crippen LogP contribution is 2.26. The van der Waals surface area contributed by atoms with E-state index in [1.807, 2.05) is 24.3 Å². The second-order valence-corrected chi connectivity index (χ2v) is 6.25. The van der Waals surface area contributed by atoms with Crippen molar-refractivity contribution in [1.29, 1.82) is 0 Å². The fraction of sp³-hybridized carbons (Fsp3) is 0.571. The predicted molar refractivity (Wildman–Crippen MR) is 79.4 cm³/mol. The molecule has 2 N–H and O–H groups in total. The second-order valence-electron chi connectivity index (χ2n) is 5.81. The van der Waals surface area contributed by atoms with Crippen LogP contribution in [-0.2, 0) is 11.1 Å². The Balaban J connectivity index is 2.50. The van der Waals surface area contributed by atoms with Crippen molar-refractivity contribution >= 4 is 18.7 Å². The summed E-state index contributed by atoms with van der Waals surface area (Å²) in [6.45, 7) is 6.85. The number of rotatable bonds is 6. The van der Waals surface area contributed by atoms with Gasteiger partial charge in [0.15, 0.2) is 0 Å². The van der Waals surface area contributed by atoms with Crippen LogP contribution in [0.2, 0.25) is 11.3 Å². The molecule has 0 heterocycles. The van der Waals surface area contributed by atoms with Crippen molar-refractivity contribution in [3.05, 3.63) is 34.9 Å². The van der Waals surface area contributed by atoms with Crippen molar-refractivity contribution in [1.82, 2.24) is 0 Å². The Bertz CT molecular complexity index is 415. The van der Waals surface area contributed by atoms with Crippen LogP contribution in [0.25, 0.3) is 0 Å². The number of benzene rings is 1. The zero-order chi connectivity index (χ0) is 14.7. The first-order chi connectivity index (χ1) is 8.62. The summed E-state index contributed by atoms with van der Waals surface area (Å²) in [5.74, 6) is 0. The van der Waals surface area contributed by atoms with E-state index in [4.69, 9.17) is 16.3 Å². The van der Waals surface area contributed by atoms with Gasteiger partial charge >= 0.3 is 7.12 Å². The summed E-state index contributed by atoms with van der Waals surface area (Å²) in [5.41, 5.74) is -0.790. The smallest absolute Gasteiger partial charge is 0.427 e. The maximum Gasteiger partial charge on any atom is 0.454 e. The Labute approximate surface area is 120 Å². The molecule has 0 amide bonds. The summed E-state index contributed by atoms with van der Waals surface area (Å²) in [6.07, 6.45) is 1.13. The minimum Gasteiger partial charge on any atom is -0.427 e. The Kier molecular flexibility index (Phi) is 5.45. The summed E-state index contributed by atoms with van der Waals surface area (Å²) in [5, 5.41) is 20.6. The number of aliphatic hydroxyl groups is 1. The first-order valence-corrected chi connectivity index (χ1v) is 6.82. The molecule has 0 aliphatic heterocycles. The van der Waals surface area contributed by atoms with Crippen molar-refractivity contribution in [2.24, 2.45) is 0 Å². The molecule has 1 aromatic carbocycles. The molecule has 0 spiro atoms. The van der Waals surface area contributed by atoms with Crippen LogP contribution in [0.4, 0.5) is 0 Å². The summed E-state index contributed by atoms with van der Waals surface area (Å²) >= 11 is 5.90. The Morgan fingerprint density at radius 2 is 1.89 bits per heavy atom. The van der Waals surface area contributed by atoms with Gasteiger partial charge in [0.25, 0.3) is 0 Å². The Morgan fingerprint density at radius 3 is 2.42 bits per heavy atom. The topological polar surface area (TPSA) is 49.7 Å². The standard InChI is InChI=1S/C14H22BClO3/c1-13(2,17)14(3,4)19-15(18)9-8-11-6-5-7-12(16)10-11/h5-7,10,17-18H,8-9H2,1-4H3. The van der Waals surface area contributed by atoms with E-state index in [1.54, 1.807) is 27.7 Å². The van der Waals surface area contributed by atoms with Gasteiger partial charge in [-0.25, -0.2) is 0 Å². The van der Waals surface area contributed by atoms with Crippen LogP contribution in [0.3, 0.4) is 0 Å². The van der Waals surface area contributed by atoms with Crippen molar-refractivity contribution in [2.75, 3.05) is 0 Å². The quantitative estimate of drug-likeness (QED) is 0.790. The van der Waals surface area contributed by atoms with Gasteiger partial charge in [-0.15, -0.1) is 0 Å².